The first-order chi connectivity index (χ1) is 12.0. The number of para-hydroxylation sites is 1. The van der Waals surface area contributed by atoms with Crippen molar-refractivity contribution in [3.05, 3.63) is 70.4 Å². The molecule has 4 nitrogen and oxygen atoms in total. The van der Waals surface area contributed by atoms with Gasteiger partial charge in [0.25, 0.3) is 0 Å². The number of nitrogens with one attached hydrogen (secondary N) is 1. The Balaban J connectivity index is 1.72. The lowest BCUT2D eigenvalue weighted by atomic mass is 10.3. The van der Waals surface area contributed by atoms with Crippen molar-refractivity contribution in [1.29, 1.82) is 0 Å². The van der Waals surface area contributed by atoms with Gasteiger partial charge in [-0.3, -0.25) is 9.36 Å². The number of anilines is 1. The normalized spacial score (nSPS) is 12.0. The molecule has 0 aliphatic heterocycles. The van der Waals surface area contributed by atoms with Crippen LogP contribution in [0.15, 0.2) is 70.6 Å². The number of hydrogen-bond acceptors (Lipinski definition) is 3. The molecule has 0 radical (unpaired) electrons. The van der Waals surface area contributed by atoms with E-state index in [1.807, 2.05) is 54.1 Å². The van der Waals surface area contributed by atoms with Gasteiger partial charge >= 0.3 is 0 Å². The van der Waals surface area contributed by atoms with E-state index in [4.69, 9.17) is 11.6 Å². The smallest absolute Gasteiger partial charge is 0.237 e. The summed E-state index contributed by atoms with van der Waals surface area (Å²) in [5, 5.41) is 3.80. The van der Waals surface area contributed by atoms with Gasteiger partial charge in [0.05, 0.1) is 16.0 Å². The van der Waals surface area contributed by atoms with Crippen molar-refractivity contribution >= 4 is 50.9 Å². The Bertz CT molecular complexity index is 882. The summed E-state index contributed by atoms with van der Waals surface area (Å²) in [5.74, 6) is -0.122. The van der Waals surface area contributed by atoms with E-state index in [1.54, 1.807) is 18.3 Å². The lowest BCUT2D eigenvalue weighted by Crippen LogP contribution is -2.23. The molecule has 1 atom stereocenters. The van der Waals surface area contributed by atoms with Crippen LogP contribution in [0, 0.1) is 0 Å². The number of rotatable bonds is 5. The number of carbonyl (C=O) groups excluding carboxylic acids is 1. The molecule has 1 aromatic heterocycles. The molecule has 0 saturated heterocycles. The fourth-order valence-corrected chi connectivity index (χ4v) is 3.51. The molecule has 0 aliphatic carbocycles. The van der Waals surface area contributed by atoms with Gasteiger partial charge in [-0.05, 0) is 43.3 Å². The number of amides is 1. The average molecular weight is 437 g/mol. The first-order valence-corrected chi connectivity index (χ1v) is 9.61. The van der Waals surface area contributed by atoms with Crippen molar-refractivity contribution in [2.75, 3.05) is 5.32 Å². The van der Waals surface area contributed by atoms with E-state index >= 15 is 0 Å². The highest BCUT2D eigenvalue weighted by molar-refractivity contribution is 9.10. The van der Waals surface area contributed by atoms with E-state index in [0.29, 0.717) is 10.7 Å². The molecule has 0 bridgehead atoms. The minimum Gasteiger partial charge on any atom is -0.324 e. The molecule has 25 heavy (non-hydrogen) atoms. The van der Waals surface area contributed by atoms with E-state index in [0.717, 1.165) is 15.3 Å². The third kappa shape index (κ3) is 4.45. The van der Waals surface area contributed by atoms with Crippen molar-refractivity contribution in [2.45, 2.75) is 17.3 Å². The number of nitrogens with zero attached hydrogens (tertiary/aromatic N) is 2. The summed E-state index contributed by atoms with van der Waals surface area (Å²) >= 11 is 10.9. The van der Waals surface area contributed by atoms with Crippen LogP contribution in [-0.2, 0) is 4.79 Å². The molecule has 0 fully saturated rings. The fourth-order valence-electron chi connectivity index (χ4n) is 2.18. The first kappa shape index (κ1) is 18.0. The third-order valence-electron chi connectivity index (χ3n) is 3.49. The standard InChI is InChI=1S/C18H15BrClN3OS/c1-12(17(24)22-16-5-3-2-4-15(16)20)25-18-21-10-11-23(18)14-8-6-13(19)7-9-14/h2-12H,1H3,(H,22,24). The summed E-state index contributed by atoms with van der Waals surface area (Å²) in [6.07, 6.45) is 3.60. The molecule has 0 spiro atoms. The highest BCUT2D eigenvalue weighted by Crippen LogP contribution is 2.27. The number of carbonyl (C=O) groups is 1. The van der Waals surface area contributed by atoms with E-state index in [2.05, 4.69) is 26.2 Å². The maximum absolute atomic E-state index is 12.4. The highest BCUT2D eigenvalue weighted by atomic mass is 79.9. The molecule has 1 unspecified atom stereocenters. The van der Waals surface area contributed by atoms with Gasteiger partial charge in [-0.1, -0.05) is 51.4 Å². The predicted molar refractivity (Wildman–Crippen MR) is 107 cm³/mol. The molecule has 128 valence electrons. The number of imidazole rings is 1. The second-order valence-electron chi connectivity index (χ2n) is 5.29. The summed E-state index contributed by atoms with van der Waals surface area (Å²) in [6.45, 7) is 1.84. The van der Waals surface area contributed by atoms with Crippen LogP contribution in [0.25, 0.3) is 5.69 Å². The Kier molecular flexibility index (Phi) is 5.83. The largest absolute Gasteiger partial charge is 0.324 e. The lowest BCUT2D eigenvalue weighted by Gasteiger charge is -2.14. The Labute approximate surface area is 163 Å². The highest BCUT2D eigenvalue weighted by Gasteiger charge is 2.18. The number of benzene rings is 2. The SMILES string of the molecule is CC(Sc1nccn1-c1ccc(Br)cc1)C(=O)Nc1ccccc1Cl. The fraction of sp³-hybridized carbons (Fsp3) is 0.111. The summed E-state index contributed by atoms with van der Waals surface area (Å²) in [4.78, 5) is 16.8. The number of aromatic nitrogens is 2. The van der Waals surface area contributed by atoms with E-state index in [1.165, 1.54) is 11.8 Å². The molecule has 0 saturated carbocycles. The van der Waals surface area contributed by atoms with Crippen molar-refractivity contribution < 1.29 is 4.79 Å². The van der Waals surface area contributed by atoms with Gasteiger partial charge in [0, 0.05) is 22.6 Å². The van der Waals surface area contributed by atoms with Gasteiger partial charge in [0.2, 0.25) is 5.91 Å². The molecule has 1 amide bonds. The third-order valence-corrected chi connectivity index (χ3v) is 5.43. The minimum absolute atomic E-state index is 0.122. The lowest BCUT2D eigenvalue weighted by molar-refractivity contribution is -0.115. The molecule has 2 aromatic carbocycles. The maximum Gasteiger partial charge on any atom is 0.237 e. The number of halogens is 2. The second-order valence-corrected chi connectivity index (χ2v) is 7.92. The van der Waals surface area contributed by atoms with Gasteiger partial charge in [-0.25, -0.2) is 4.98 Å². The van der Waals surface area contributed by atoms with Gasteiger partial charge in [0.15, 0.2) is 5.16 Å². The summed E-state index contributed by atoms with van der Waals surface area (Å²) < 4.78 is 2.97. The number of thioether (sulfide) groups is 1. The average Bonchev–Trinajstić information content (AvgIpc) is 3.05. The summed E-state index contributed by atoms with van der Waals surface area (Å²) in [6, 6.07) is 15.1. The quantitative estimate of drug-likeness (QED) is 0.544. The van der Waals surface area contributed by atoms with Crippen LogP contribution in [-0.4, -0.2) is 20.7 Å². The monoisotopic (exact) mass is 435 g/mol. The molecular weight excluding hydrogens is 422 g/mol. The van der Waals surface area contributed by atoms with Gasteiger partial charge in [0.1, 0.15) is 0 Å². The molecule has 1 heterocycles. The van der Waals surface area contributed by atoms with E-state index in [-0.39, 0.29) is 11.2 Å². The Hall–Kier alpha value is -1.76. The molecule has 3 rings (SSSR count). The minimum atomic E-state index is -0.326. The molecule has 7 heteroatoms. The van der Waals surface area contributed by atoms with Gasteiger partial charge in [-0.2, -0.15) is 0 Å². The van der Waals surface area contributed by atoms with Crippen LogP contribution >= 0.6 is 39.3 Å². The van der Waals surface area contributed by atoms with Crippen LogP contribution in [0.3, 0.4) is 0 Å². The summed E-state index contributed by atoms with van der Waals surface area (Å²) in [5.41, 5.74) is 1.60. The molecule has 0 aliphatic rings. The van der Waals surface area contributed by atoms with Crippen LogP contribution in [0.5, 0.6) is 0 Å². The first-order valence-electron chi connectivity index (χ1n) is 7.56. The molecule has 1 N–H and O–H groups in total. The zero-order valence-corrected chi connectivity index (χ0v) is 16.5. The zero-order chi connectivity index (χ0) is 17.8. The van der Waals surface area contributed by atoms with Crippen LogP contribution in [0.4, 0.5) is 5.69 Å². The Morgan fingerprint density at radius 2 is 1.96 bits per heavy atom. The van der Waals surface area contributed by atoms with Crippen molar-refractivity contribution in [3.8, 4) is 5.69 Å². The zero-order valence-electron chi connectivity index (χ0n) is 13.3. The molecule has 3 aromatic rings. The van der Waals surface area contributed by atoms with Crippen molar-refractivity contribution in [1.82, 2.24) is 9.55 Å². The van der Waals surface area contributed by atoms with Crippen molar-refractivity contribution in [3.63, 3.8) is 0 Å². The van der Waals surface area contributed by atoms with Gasteiger partial charge < -0.3 is 5.32 Å². The second kappa shape index (κ2) is 8.08. The van der Waals surface area contributed by atoms with Crippen LogP contribution < -0.4 is 5.32 Å². The molecular formula is C18H15BrClN3OS. The predicted octanol–water partition coefficient (Wildman–Crippen LogP) is 5.41. The number of hydrogen-bond donors (Lipinski definition) is 1. The van der Waals surface area contributed by atoms with E-state index < -0.39 is 0 Å². The van der Waals surface area contributed by atoms with Crippen LogP contribution in [0.2, 0.25) is 5.02 Å². The van der Waals surface area contributed by atoms with Crippen LogP contribution in [0.1, 0.15) is 6.92 Å². The maximum atomic E-state index is 12.4. The van der Waals surface area contributed by atoms with Gasteiger partial charge in [-0.15, -0.1) is 0 Å². The topological polar surface area (TPSA) is 46.9 Å². The summed E-state index contributed by atoms with van der Waals surface area (Å²) in [7, 11) is 0. The Morgan fingerprint density at radius 1 is 1.24 bits per heavy atom. The van der Waals surface area contributed by atoms with Crippen molar-refractivity contribution in [2.24, 2.45) is 0 Å². The Morgan fingerprint density at radius 3 is 2.68 bits per heavy atom. The van der Waals surface area contributed by atoms with E-state index in [9.17, 15) is 4.79 Å².